The van der Waals surface area contributed by atoms with Gasteiger partial charge in [-0.2, -0.15) is 0 Å². The highest BCUT2D eigenvalue weighted by molar-refractivity contribution is 5.74. The number of hydrogen-bond donors (Lipinski definition) is 1. The number of carboxylic acids is 1. The minimum atomic E-state index is -0.680. The van der Waals surface area contributed by atoms with Crippen LogP contribution in [-0.2, 0) is 11.3 Å². The molecule has 0 amide bonds. The predicted octanol–water partition coefficient (Wildman–Crippen LogP) is 1.66. The van der Waals surface area contributed by atoms with Gasteiger partial charge in [0, 0.05) is 31.7 Å². The van der Waals surface area contributed by atoms with E-state index < -0.39 is 5.97 Å². The van der Waals surface area contributed by atoms with Crippen LogP contribution in [0.2, 0.25) is 0 Å². The fraction of sp³-hybridized carbons (Fsp3) is 0.588. The van der Waals surface area contributed by atoms with E-state index in [0.717, 1.165) is 24.9 Å². The average molecular weight is 286 g/mol. The van der Waals surface area contributed by atoms with Crippen LogP contribution in [0, 0.1) is 11.8 Å². The van der Waals surface area contributed by atoms with Crippen LogP contribution in [0.3, 0.4) is 0 Å². The lowest BCUT2D eigenvalue weighted by molar-refractivity contribution is -0.147. The highest BCUT2D eigenvalue weighted by Crippen LogP contribution is 2.54. The zero-order valence-corrected chi connectivity index (χ0v) is 12.4. The number of fused-ring (bicyclic) bond motifs is 3. The summed E-state index contributed by atoms with van der Waals surface area (Å²) in [5.74, 6) is 0.915. The molecule has 2 aliphatic heterocycles. The third kappa shape index (κ3) is 2.17. The number of hydrogen-bond acceptors (Lipinski definition) is 3. The molecule has 112 valence electrons. The Bertz CT molecular complexity index is 547. The first-order chi connectivity index (χ1) is 10.1. The molecule has 1 saturated carbocycles. The predicted molar refractivity (Wildman–Crippen MR) is 79.8 cm³/mol. The van der Waals surface area contributed by atoms with E-state index in [9.17, 15) is 9.90 Å². The topological polar surface area (TPSA) is 43.8 Å². The standard InChI is InChI=1S/C17H22N2O2/c1-11-14-7-13-9-18(8-12-5-3-2-4-6-12)15(17(20)21)10-19(13)16(11)14/h2-6,11,13-16H,7-10H2,1H3,(H,20,21)/t11?,13-,14-,15+,16-/m1/s1. The lowest BCUT2D eigenvalue weighted by Gasteiger charge is -2.43. The summed E-state index contributed by atoms with van der Waals surface area (Å²) in [6, 6.07) is 11.1. The van der Waals surface area contributed by atoms with Crippen molar-refractivity contribution >= 4 is 5.97 Å². The van der Waals surface area contributed by atoms with E-state index in [-0.39, 0.29) is 6.04 Å². The maximum atomic E-state index is 11.7. The molecule has 1 N–H and O–H groups in total. The number of rotatable bonds is 3. The Balaban J connectivity index is 1.52. The summed E-state index contributed by atoms with van der Waals surface area (Å²) in [5, 5.41) is 9.60. The van der Waals surface area contributed by atoms with E-state index in [0.29, 0.717) is 18.6 Å². The van der Waals surface area contributed by atoms with Crippen LogP contribution in [0.1, 0.15) is 18.9 Å². The van der Waals surface area contributed by atoms with Gasteiger partial charge in [-0.1, -0.05) is 37.3 Å². The van der Waals surface area contributed by atoms with Crippen LogP contribution in [-0.4, -0.2) is 52.1 Å². The first kappa shape index (κ1) is 13.3. The number of piperazine rings is 1. The summed E-state index contributed by atoms with van der Waals surface area (Å²) < 4.78 is 0. The number of carbonyl (C=O) groups is 1. The van der Waals surface area contributed by atoms with Crippen molar-refractivity contribution in [2.24, 2.45) is 11.8 Å². The highest BCUT2D eigenvalue weighted by atomic mass is 16.4. The van der Waals surface area contributed by atoms with Crippen LogP contribution < -0.4 is 0 Å². The van der Waals surface area contributed by atoms with Crippen LogP contribution >= 0.6 is 0 Å². The SMILES string of the molecule is CC1[C@H]2C[C@@H]3CN(Cc4ccccc4)[C@H](C(=O)O)CN3[C@H]12. The number of aliphatic carboxylic acids is 1. The summed E-state index contributed by atoms with van der Waals surface area (Å²) in [6.45, 7) is 4.63. The molecule has 0 radical (unpaired) electrons. The second-order valence-corrected chi connectivity index (χ2v) is 6.87. The van der Waals surface area contributed by atoms with Gasteiger partial charge in [0.05, 0.1) is 0 Å². The van der Waals surface area contributed by atoms with E-state index in [4.69, 9.17) is 0 Å². The Kier molecular flexibility index (Phi) is 3.05. The summed E-state index contributed by atoms with van der Waals surface area (Å²) in [5.41, 5.74) is 1.20. The number of carboxylic acid groups (broad SMARTS) is 1. The van der Waals surface area contributed by atoms with E-state index in [1.54, 1.807) is 0 Å². The molecule has 1 aliphatic carbocycles. The van der Waals surface area contributed by atoms with Crippen molar-refractivity contribution in [3.63, 3.8) is 0 Å². The Morgan fingerprint density at radius 1 is 1.29 bits per heavy atom. The molecule has 4 heteroatoms. The van der Waals surface area contributed by atoms with E-state index >= 15 is 0 Å². The maximum Gasteiger partial charge on any atom is 0.322 e. The lowest BCUT2D eigenvalue weighted by Crippen LogP contribution is -2.59. The van der Waals surface area contributed by atoms with Crippen molar-refractivity contribution in [1.82, 2.24) is 9.80 Å². The molecule has 3 aliphatic rings. The van der Waals surface area contributed by atoms with Gasteiger partial charge in [-0.15, -0.1) is 0 Å². The molecule has 0 spiro atoms. The van der Waals surface area contributed by atoms with Crippen molar-refractivity contribution < 1.29 is 9.90 Å². The van der Waals surface area contributed by atoms with Crippen molar-refractivity contribution in [2.45, 2.75) is 38.0 Å². The normalized spacial score (nSPS) is 38.8. The maximum absolute atomic E-state index is 11.7. The molecule has 5 atom stereocenters. The van der Waals surface area contributed by atoms with Crippen LogP contribution in [0.4, 0.5) is 0 Å². The van der Waals surface area contributed by atoms with Gasteiger partial charge >= 0.3 is 5.97 Å². The summed E-state index contributed by atoms with van der Waals surface area (Å²) in [6.07, 6.45) is 1.25. The molecule has 2 saturated heterocycles. The summed E-state index contributed by atoms with van der Waals surface area (Å²) in [4.78, 5) is 16.3. The summed E-state index contributed by atoms with van der Waals surface area (Å²) in [7, 11) is 0. The van der Waals surface area contributed by atoms with Crippen molar-refractivity contribution in [2.75, 3.05) is 13.1 Å². The highest BCUT2D eigenvalue weighted by Gasteiger charge is 2.60. The Morgan fingerprint density at radius 2 is 2.05 bits per heavy atom. The molecular formula is C17H22N2O2. The zero-order valence-electron chi connectivity index (χ0n) is 12.4. The average Bonchev–Trinajstić information content (AvgIpc) is 2.95. The van der Waals surface area contributed by atoms with E-state index in [1.807, 2.05) is 18.2 Å². The second kappa shape index (κ2) is 4.82. The molecule has 21 heavy (non-hydrogen) atoms. The molecule has 1 aromatic rings. The van der Waals surface area contributed by atoms with Crippen LogP contribution in [0.5, 0.6) is 0 Å². The van der Waals surface area contributed by atoms with Gasteiger partial charge in [-0.25, -0.2) is 0 Å². The zero-order chi connectivity index (χ0) is 14.6. The minimum absolute atomic E-state index is 0.368. The molecule has 2 heterocycles. The van der Waals surface area contributed by atoms with Gasteiger partial charge in [0.25, 0.3) is 0 Å². The monoisotopic (exact) mass is 286 g/mol. The Labute approximate surface area is 125 Å². The summed E-state index contributed by atoms with van der Waals surface area (Å²) >= 11 is 0. The number of benzene rings is 1. The lowest BCUT2D eigenvalue weighted by atomic mass is 10.0. The third-order valence-electron chi connectivity index (χ3n) is 5.69. The number of nitrogens with zero attached hydrogens (tertiary/aromatic N) is 2. The quantitative estimate of drug-likeness (QED) is 0.918. The fourth-order valence-corrected chi connectivity index (χ4v) is 4.51. The van der Waals surface area contributed by atoms with Gasteiger partial charge in [0.2, 0.25) is 0 Å². The minimum Gasteiger partial charge on any atom is -0.480 e. The molecule has 4 nitrogen and oxygen atoms in total. The van der Waals surface area contributed by atoms with Gasteiger partial charge in [-0.3, -0.25) is 14.6 Å². The first-order valence-electron chi connectivity index (χ1n) is 7.91. The Morgan fingerprint density at radius 3 is 2.76 bits per heavy atom. The second-order valence-electron chi connectivity index (χ2n) is 6.87. The molecule has 1 aromatic carbocycles. The Hall–Kier alpha value is -1.39. The molecule has 0 aromatic heterocycles. The fourth-order valence-electron chi connectivity index (χ4n) is 4.51. The van der Waals surface area contributed by atoms with Gasteiger partial charge in [-0.05, 0) is 23.8 Å². The number of piperidine rings is 1. The first-order valence-corrected chi connectivity index (χ1v) is 7.91. The largest absolute Gasteiger partial charge is 0.480 e. The molecule has 0 bridgehead atoms. The smallest absolute Gasteiger partial charge is 0.322 e. The van der Waals surface area contributed by atoms with Crippen molar-refractivity contribution in [1.29, 1.82) is 0 Å². The third-order valence-corrected chi connectivity index (χ3v) is 5.69. The molecule has 1 unspecified atom stereocenters. The van der Waals surface area contributed by atoms with E-state index in [1.165, 1.54) is 12.0 Å². The van der Waals surface area contributed by atoms with E-state index in [2.05, 4.69) is 28.9 Å². The van der Waals surface area contributed by atoms with Crippen molar-refractivity contribution in [3.05, 3.63) is 35.9 Å². The van der Waals surface area contributed by atoms with Gasteiger partial charge < -0.3 is 5.11 Å². The molecular weight excluding hydrogens is 264 g/mol. The molecule has 3 fully saturated rings. The van der Waals surface area contributed by atoms with Crippen LogP contribution in [0.25, 0.3) is 0 Å². The van der Waals surface area contributed by atoms with Crippen molar-refractivity contribution in [3.8, 4) is 0 Å². The van der Waals surface area contributed by atoms with Gasteiger partial charge in [0.15, 0.2) is 0 Å². The molecule has 4 rings (SSSR count). The van der Waals surface area contributed by atoms with Crippen LogP contribution in [0.15, 0.2) is 30.3 Å². The van der Waals surface area contributed by atoms with Gasteiger partial charge in [0.1, 0.15) is 6.04 Å².